The molecule has 2 N–H and O–H groups in total. The third kappa shape index (κ3) is 2.51. The summed E-state index contributed by atoms with van der Waals surface area (Å²) in [5.74, 6) is 0. The highest BCUT2D eigenvalue weighted by Gasteiger charge is 2.12. The molecule has 77 valence electrons. The molecule has 0 bridgehead atoms. The van der Waals surface area contributed by atoms with Crippen LogP contribution in [0.25, 0.3) is 0 Å². The molecule has 1 aromatic rings. The smallest absolute Gasteiger partial charge is 0.282 e. The molecule has 0 atom stereocenters. The van der Waals surface area contributed by atoms with Gasteiger partial charge in [-0.1, -0.05) is 0 Å². The summed E-state index contributed by atoms with van der Waals surface area (Å²) < 4.78 is 51.0. The normalized spacial score (nSPS) is 12.7. The topological polar surface area (TPSA) is 112 Å². The van der Waals surface area contributed by atoms with Gasteiger partial charge in [0.1, 0.15) is 0 Å². The maximum atomic E-state index is 10.6. The second-order valence-corrected chi connectivity index (χ2v) is 5.35. The van der Waals surface area contributed by atoms with E-state index in [-0.39, 0.29) is 4.90 Å². The number of sulfonamides is 1. The molecule has 0 amide bonds. The Bertz CT molecular complexity index is 477. The molecule has 0 spiro atoms. The van der Waals surface area contributed by atoms with Crippen LogP contribution in [0.1, 0.15) is 0 Å². The van der Waals surface area contributed by atoms with Crippen LogP contribution < -0.4 is 5.14 Å². The van der Waals surface area contributed by atoms with E-state index in [1.807, 2.05) is 0 Å². The summed E-state index contributed by atoms with van der Waals surface area (Å²) in [5.41, 5.74) is 0. The first-order valence-electron chi connectivity index (χ1n) is 3.28. The van der Waals surface area contributed by atoms with Crippen molar-refractivity contribution in [3.05, 3.63) is 24.3 Å². The molecular weight excluding hydrogens is 230 g/mol. The number of rotatable bonds is 2. The van der Waals surface area contributed by atoms with Crippen LogP contribution in [0.15, 0.2) is 34.1 Å². The summed E-state index contributed by atoms with van der Waals surface area (Å²) in [7, 11) is -8.41. The van der Waals surface area contributed by atoms with Crippen molar-refractivity contribution >= 4 is 20.1 Å². The standard InChI is InChI=1S/C6H6NO5S2/c7-13(8,9)5-1-3-6(4-2-5)14(10,11)12/h1-4,7H,(H,10,11,12). The van der Waals surface area contributed by atoms with E-state index in [0.29, 0.717) is 0 Å². The second kappa shape index (κ2) is 3.31. The molecule has 0 unspecified atom stereocenters. The first-order chi connectivity index (χ1) is 6.21. The van der Waals surface area contributed by atoms with Gasteiger partial charge in [0.05, 0.1) is 9.79 Å². The van der Waals surface area contributed by atoms with Crippen molar-refractivity contribution in [2.75, 3.05) is 0 Å². The Morgan fingerprint density at radius 1 is 0.929 bits per heavy atom. The Labute approximate surface area is 81.2 Å². The van der Waals surface area contributed by atoms with Crippen LogP contribution in [0.4, 0.5) is 0 Å². The van der Waals surface area contributed by atoms with Crippen LogP contribution in [0.5, 0.6) is 0 Å². The minimum absolute atomic E-state index is 0.329. The molecule has 1 radical (unpaired) electrons. The first-order valence-corrected chi connectivity index (χ1v) is 6.21. The first kappa shape index (κ1) is 11.1. The summed E-state index contributed by atoms with van der Waals surface area (Å²) >= 11 is 0. The average Bonchev–Trinajstić information content (AvgIpc) is 2.01. The molecule has 6 nitrogen and oxygen atoms in total. The summed E-state index contributed by atoms with van der Waals surface area (Å²) in [6, 6.07) is 3.70. The lowest BCUT2D eigenvalue weighted by Gasteiger charge is -1.98. The van der Waals surface area contributed by atoms with Gasteiger partial charge in [0, 0.05) is 0 Å². The maximum Gasteiger partial charge on any atom is 0.294 e. The molecule has 1 rings (SSSR count). The molecule has 0 aliphatic rings. The lowest BCUT2D eigenvalue weighted by atomic mass is 10.4. The molecule has 0 heterocycles. The molecular formula is C6H6NO5S2. The fourth-order valence-corrected chi connectivity index (χ4v) is 1.77. The summed E-state index contributed by atoms with van der Waals surface area (Å²) in [4.78, 5) is -0.741. The van der Waals surface area contributed by atoms with Crippen LogP contribution in [-0.2, 0) is 20.1 Å². The Balaban J connectivity index is 3.28. The number of benzene rings is 1. The van der Waals surface area contributed by atoms with Gasteiger partial charge in [0.2, 0.25) is 0 Å². The van der Waals surface area contributed by atoms with E-state index in [9.17, 15) is 16.8 Å². The number of hydrogen-bond acceptors (Lipinski definition) is 4. The van der Waals surface area contributed by atoms with Gasteiger partial charge in [-0.05, 0) is 24.3 Å². The van der Waals surface area contributed by atoms with Gasteiger partial charge in [-0.15, -0.1) is 5.14 Å². The van der Waals surface area contributed by atoms with E-state index >= 15 is 0 Å². The van der Waals surface area contributed by atoms with E-state index in [1.165, 1.54) is 0 Å². The zero-order valence-corrected chi connectivity index (χ0v) is 8.34. The van der Waals surface area contributed by atoms with Crippen molar-refractivity contribution in [3.8, 4) is 0 Å². The van der Waals surface area contributed by atoms with Crippen molar-refractivity contribution in [1.82, 2.24) is 5.14 Å². The molecule has 0 aliphatic heterocycles. The summed E-state index contributed by atoms with van der Waals surface area (Å²) in [6.45, 7) is 0. The molecule has 8 heteroatoms. The highest BCUT2D eigenvalue weighted by Crippen LogP contribution is 2.13. The minimum Gasteiger partial charge on any atom is -0.282 e. The lowest BCUT2D eigenvalue weighted by molar-refractivity contribution is 0.483. The zero-order chi connectivity index (χ0) is 11.0. The van der Waals surface area contributed by atoms with Gasteiger partial charge in [-0.2, -0.15) is 8.42 Å². The fourth-order valence-electron chi connectivity index (χ4n) is 0.791. The van der Waals surface area contributed by atoms with Crippen LogP contribution in [0.3, 0.4) is 0 Å². The predicted octanol–water partition coefficient (Wildman–Crippen LogP) is -0.0951. The van der Waals surface area contributed by atoms with Crippen LogP contribution >= 0.6 is 0 Å². The molecule has 0 aromatic heterocycles. The minimum atomic E-state index is -4.32. The summed E-state index contributed by atoms with van der Waals surface area (Å²) in [5, 5.41) is 6.66. The summed E-state index contributed by atoms with van der Waals surface area (Å²) in [6.07, 6.45) is 0. The monoisotopic (exact) mass is 236 g/mol. The fraction of sp³-hybridized carbons (Fsp3) is 0. The van der Waals surface area contributed by atoms with E-state index in [2.05, 4.69) is 0 Å². The lowest BCUT2D eigenvalue weighted by Crippen LogP contribution is -2.02. The maximum absolute atomic E-state index is 10.6. The Morgan fingerprint density at radius 3 is 1.57 bits per heavy atom. The van der Waals surface area contributed by atoms with Gasteiger partial charge >= 0.3 is 0 Å². The van der Waals surface area contributed by atoms with Crippen molar-refractivity contribution < 1.29 is 21.4 Å². The van der Waals surface area contributed by atoms with E-state index in [1.54, 1.807) is 0 Å². The molecule has 14 heavy (non-hydrogen) atoms. The molecule has 0 saturated carbocycles. The highest BCUT2D eigenvalue weighted by molar-refractivity contribution is 7.88. The van der Waals surface area contributed by atoms with E-state index in [4.69, 9.17) is 9.69 Å². The Hall–Kier alpha value is -0.960. The second-order valence-electron chi connectivity index (χ2n) is 2.45. The van der Waals surface area contributed by atoms with Crippen LogP contribution in [-0.4, -0.2) is 21.4 Å². The largest absolute Gasteiger partial charge is 0.294 e. The zero-order valence-electron chi connectivity index (χ0n) is 6.71. The average molecular weight is 236 g/mol. The Kier molecular flexibility index (Phi) is 2.63. The quantitative estimate of drug-likeness (QED) is 0.721. The van der Waals surface area contributed by atoms with Crippen molar-refractivity contribution in [3.63, 3.8) is 0 Å². The third-order valence-corrected chi connectivity index (χ3v) is 3.19. The van der Waals surface area contributed by atoms with Gasteiger partial charge in [0.25, 0.3) is 20.1 Å². The molecule has 0 fully saturated rings. The molecule has 0 saturated heterocycles. The van der Waals surface area contributed by atoms with Crippen LogP contribution in [0.2, 0.25) is 0 Å². The van der Waals surface area contributed by atoms with Crippen LogP contribution in [0, 0.1) is 0 Å². The number of hydrogen-bond donors (Lipinski definition) is 1. The Morgan fingerprint density at radius 2 is 1.29 bits per heavy atom. The SMILES string of the molecule is [NH]S(=O)(=O)c1ccc(S(=O)(=O)O)cc1. The van der Waals surface area contributed by atoms with Gasteiger partial charge < -0.3 is 0 Å². The van der Waals surface area contributed by atoms with Gasteiger partial charge in [0.15, 0.2) is 0 Å². The predicted molar refractivity (Wildman–Crippen MR) is 46.5 cm³/mol. The van der Waals surface area contributed by atoms with Crippen molar-refractivity contribution in [2.45, 2.75) is 9.79 Å². The molecule has 1 aromatic carbocycles. The van der Waals surface area contributed by atoms with Gasteiger partial charge in [-0.25, -0.2) is 8.42 Å². The van der Waals surface area contributed by atoms with Crippen molar-refractivity contribution in [1.29, 1.82) is 0 Å². The molecule has 0 aliphatic carbocycles. The third-order valence-electron chi connectivity index (χ3n) is 1.43. The van der Waals surface area contributed by atoms with E-state index in [0.717, 1.165) is 24.3 Å². The van der Waals surface area contributed by atoms with E-state index < -0.39 is 25.0 Å². The van der Waals surface area contributed by atoms with Crippen molar-refractivity contribution in [2.24, 2.45) is 0 Å². The highest BCUT2D eigenvalue weighted by atomic mass is 32.2. The van der Waals surface area contributed by atoms with Gasteiger partial charge in [-0.3, -0.25) is 4.55 Å². The number of nitrogens with one attached hydrogen (secondary N) is 1.